The second-order valence-corrected chi connectivity index (χ2v) is 6.41. The maximum absolute atomic E-state index is 10.9. The largest absolute Gasteiger partial charge is 0.303 e. The second kappa shape index (κ2) is 6.21. The molecule has 1 fully saturated rings. The van der Waals surface area contributed by atoms with Crippen LogP contribution in [-0.2, 0) is 4.79 Å². The van der Waals surface area contributed by atoms with E-state index < -0.39 is 0 Å². The van der Waals surface area contributed by atoms with E-state index in [2.05, 4.69) is 51.1 Å². The van der Waals surface area contributed by atoms with E-state index in [1.165, 1.54) is 11.1 Å². The van der Waals surface area contributed by atoms with Crippen molar-refractivity contribution in [1.29, 1.82) is 0 Å². The minimum Gasteiger partial charge on any atom is -0.303 e. The number of allylic oxidation sites excluding steroid dienone is 3. The van der Waals surface area contributed by atoms with Gasteiger partial charge in [0.05, 0.1) is 0 Å². The third-order valence-electron chi connectivity index (χ3n) is 4.60. The quantitative estimate of drug-likeness (QED) is 0.530. The summed E-state index contributed by atoms with van der Waals surface area (Å²) in [5.74, 6) is 0.844. The fourth-order valence-corrected chi connectivity index (χ4v) is 2.96. The van der Waals surface area contributed by atoms with Gasteiger partial charge < -0.3 is 4.79 Å². The first-order valence-electron chi connectivity index (χ1n) is 7.40. The number of carbonyl (C=O) groups is 1. The Kier molecular flexibility index (Phi) is 4.59. The van der Waals surface area contributed by atoms with Crippen molar-refractivity contribution in [2.24, 2.45) is 17.3 Å². The maximum Gasteiger partial charge on any atom is 0.123 e. The molecule has 20 heavy (non-hydrogen) atoms. The van der Waals surface area contributed by atoms with E-state index in [-0.39, 0.29) is 11.3 Å². The van der Waals surface area contributed by atoms with Crippen LogP contribution in [0, 0.1) is 17.3 Å². The Bertz CT molecular complexity index is 508. The third kappa shape index (κ3) is 3.47. The standard InChI is InChI=1S/C19H24O/c1-15(8-7-11-16-9-5-4-6-10-16)12-13-17-18(14-20)19(17,2)3/h4-11,14,17-18H,12-13H2,1-3H3/b11-7+,15-8+/t17-,18+/m1/s1. The van der Waals surface area contributed by atoms with Crippen molar-refractivity contribution < 1.29 is 4.79 Å². The van der Waals surface area contributed by atoms with E-state index in [1.807, 2.05) is 18.2 Å². The van der Waals surface area contributed by atoms with E-state index in [9.17, 15) is 4.79 Å². The molecule has 0 unspecified atom stereocenters. The van der Waals surface area contributed by atoms with Gasteiger partial charge in [0.25, 0.3) is 0 Å². The van der Waals surface area contributed by atoms with Gasteiger partial charge in [-0.1, -0.05) is 68.0 Å². The SMILES string of the molecule is C/C(=C\C=C\c1ccccc1)CC[C@@H]1[C@H](C=O)C1(C)C. The summed E-state index contributed by atoms with van der Waals surface area (Å²) >= 11 is 0. The lowest BCUT2D eigenvalue weighted by atomic mass is 10.0. The molecule has 0 aromatic heterocycles. The number of aldehydes is 1. The number of rotatable bonds is 6. The summed E-state index contributed by atoms with van der Waals surface area (Å²) in [6.07, 6.45) is 9.76. The van der Waals surface area contributed by atoms with Gasteiger partial charge in [0.1, 0.15) is 6.29 Å². The fraction of sp³-hybridized carbons (Fsp3) is 0.421. The van der Waals surface area contributed by atoms with Crippen LogP contribution in [0.15, 0.2) is 48.1 Å². The van der Waals surface area contributed by atoms with Crippen molar-refractivity contribution >= 4 is 12.4 Å². The van der Waals surface area contributed by atoms with Gasteiger partial charge in [0.2, 0.25) is 0 Å². The molecule has 1 aliphatic carbocycles. The highest BCUT2D eigenvalue weighted by Crippen LogP contribution is 2.59. The molecule has 1 aromatic rings. The summed E-state index contributed by atoms with van der Waals surface area (Å²) < 4.78 is 0. The molecular formula is C19H24O. The molecule has 1 heteroatoms. The van der Waals surface area contributed by atoms with Crippen LogP contribution >= 0.6 is 0 Å². The zero-order valence-corrected chi connectivity index (χ0v) is 12.7. The minimum absolute atomic E-state index is 0.224. The molecule has 0 saturated heterocycles. The van der Waals surface area contributed by atoms with Crippen LogP contribution in [0.25, 0.3) is 6.08 Å². The van der Waals surface area contributed by atoms with E-state index in [0.29, 0.717) is 5.92 Å². The Morgan fingerprint density at radius 1 is 1.25 bits per heavy atom. The van der Waals surface area contributed by atoms with E-state index in [1.54, 1.807) is 0 Å². The van der Waals surface area contributed by atoms with Crippen LogP contribution in [0.5, 0.6) is 0 Å². The van der Waals surface area contributed by atoms with Crippen LogP contribution in [0.2, 0.25) is 0 Å². The van der Waals surface area contributed by atoms with Gasteiger partial charge in [-0.2, -0.15) is 0 Å². The molecule has 0 amide bonds. The molecule has 1 saturated carbocycles. The lowest BCUT2D eigenvalue weighted by Gasteiger charge is -2.02. The third-order valence-corrected chi connectivity index (χ3v) is 4.60. The Morgan fingerprint density at radius 2 is 1.95 bits per heavy atom. The molecule has 2 atom stereocenters. The zero-order chi connectivity index (χ0) is 14.6. The molecule has 2 rings (SSSR count). The maximum atomic E-state index is 10.9. The summed E-state index contributed by atoms with van der Waals surface area (Å²) in [5.41, 5.74) is 2.83. The van der Waals surface area contributed by atoms with Gasteiger partial charge in [-0.05, 0) is 36.7 Å². The van der Waals surface area contributed by atoms with Crippen molar-refractivity contribution in [3.05, 3.63) is 53.6 Å². The van der Waals surface area contributed by atoms with Crippen LogP contribution in [-0.4, -0.2) is 6.29 Å². The molecule has 1 aromatic carbocycles. The van der Waals surface area contributed by atoms with Gasteiger partial charge in [0, 0.05) is 5.92 Å². The van der Waals surface area contributed by atoms with Crippen molar-refractivity contribution in [3.63, 3.8) is 0 Å². The molecule has 1 aliphatic rings. The van der Waals surface area contributed by atoms with Crippen molar-refractivity contribution in [3.8, 4) is 0 Å². The molecule has 1 nitrogen and oxygen atoms in total. The first-order valence-corrected chi connectivity index (χ1v) is 7.40. The number of carbonyl (C=O) groups excluding carboxylic acids is 1. The Hall–Kier alpha value is -1.63. The van der Waals surface area contributed by atoms with Gasteiger partial charge in [-0.3, -0.25) is 0 Å². The van der Waals surface area contributed by atoms with E-state index in [0.717, 1.165) is 19.1 Å². The van der Waals surface area contributed by atoms with E-state index >= 15 is 0 Å². The highest BCUT2D eigenvalue weighted by Gasteiger charge is 2.56. The van der Waals surface area contributed by atoms with Crippen LogP contribution < -0.4 is 0 Å². The Balaban J connectivity index is 1.81. The Morgan fingerprint density at radius 3 is 2.55 bits per heavy atom. The lowest BCUT2D eigenvalue weighted by molar-refractivity contribution is -0.109. The van der Waals surface area contributed by atoms with Crippen molar-refractivity contribution in [1.82, 2.24) is 0 Å². The second-order valence-electron chi connectivity index (χ2n) is 6.41. The highest BCUT2D eigenvalue weighted by atomic mass is 16.1. The van der Waals surface area contributed by atoms with Gasteiger partial charge >= 0.3 is 0 Å². The predicted molar refractivity (Wildman–Crippen MR) is 85.3 cm³/mol. The molecule has 0 heterocycles. The molecular weight excluding hydrogens is 244 g/mol. The van der Waals surface area contributed by atoms with Gasteiger partial charge in [-0.25, -0.2) is 0 Å². The summed E-state index contributed by atoms with van der Waals surface area (Å²) in [5, 5.41) is 0. The van der Waals surface area contributed by atoms with Gasteiger partial charge in [0.15, 0.2) is 0 Å². The summed E-state index contributed by atoms with van der Waals surface area (Å²) in [6.45, 7) is 6.57. The predicted octanol–water partition coefficient (Wildman–Crippen LogP) is 4.90. The summed E-state index contributed by atoms with van der Waals surface area (Å²) in [7, 11) is 0. The lowest BCUT2D eigenvalue weighted by Crippen LogP contribution is -1.91. The normalized spacial score (nSPS) is 24.9. The molecule has 0 aliphatic heterocycles. The molecule has 106 valence electrons. The topological polar surface area (TPSA) is 17.1 Å². The fourth-order valence-electron chi connectivity index (χ4n) is 2.96. The van der Waals surface area contributed by atoms with Crippen molar-refractivity contribution in [2.45, 2.75) is 33.6 Å². The van der Waals surface area contributed by atoms with Crippen LogP contribution in [0.1, 0.15) is 39.2 Å². The Labute approximate surface area is 122 Å². The first-order chi connectivity index (χ1) is 9.55. The summed E-state index contributed by atoms with van der Waals surface area (Å²) in [6, 6.07) is 10.3. The number of hydrogen-bond acceptors (Lipinski definition) is 1. The molecule has 0 bridgehead atoms. The van der Waals surface area contributed by atoms with Crippen LogP contribution in [0.4, 0.5) is 0 Å². The van der Waals surface area contributed by atoms with E-state index in [4.69, 9.17) is 0 Å². The monoisotopic (exact) mass is 268 g/mol. The minimum atomic E-state index is 0.224. The average Bonchev–Trinajstić information content (AvgIpc) is 2.98. The van der Waals surface area contributed by atoms with Crippen LogP contribution in [0.3, 0.4) is 0 Å². The van der Waals surface area contributed by atoms with Gasteiger partial charge in [-0.15, -0.1) is 0 Å². The zero-order valence-electron chi connectivity index (χ0n) is 12.7. The number of hydrogen-bond donors (Lipinski definition) is 0. The smallest absolute Gasteiger partial charge is 0.123 e. The molecule has 0 N–H and O–H groups in total. The first kappa shape index (κ1) is 14.8. The molecule has 0 spiro atoms. The summed E-state index contributed by atoms with van der Waals surface area (Å²) in [4.78, 5) is 10.9. The number of benzene rings is 1. The average molecular weight is 268 g/mol. The van der Waals surface area contributed by atoms with Crippen molar-refractivity contribution in [2.75, 3.05) is 0 Å². The molecule has 0 radical (unpaired) electrons. The highest BCUT2D eigenvalue weighted by molar-refractivity contribution is 5.61.